The zero-order chi connectivity index (χ0) is 10.8. The number of thiazole rings is 1. The summed E-state index contributed by atoms with van der Waals surface area (Å²) in [6, 6.07) is 3.81. The summed E-state index contributed by atoms with van der Waals surface area (Å²) in [6.45, 7) is 1.99. The molecule has 78 valence electrons. The summed E-state index contributed by atoms with van der Waals surface area (Å²) in [5.41, 5.74) is 6.25. The van der Waals surface area contributed by atoms with Gasteiger partial charge in [0.25, 0.3) is 0 Å². The minimum atomic E-state index is 0.110. The lowest BCUT2D eigenvalue weighted by molar-refractivity contribution is 0.0996. The third-order valence-corrected chi connectivity index (χ3v) is 3.69. The smallest absolute Gasteiger partial charge is 0.180 e. The monoisotopic (exact) mass is 238 g/mol. The molecule has 2 aromatic heterocycles. The van der Waals surface area contributed by atoms with Gasteiger partial charge < -0.3 is 5.73 Å². The topological polar surface area (TPSA) is 56.0 Å². The van der Waals surface area contributed by atoms with Crippen LogP contribution >= 0.6 is 22.7 Å². The molecule has 15 heavy (non-hydrogen) atoms. The average Bonchev–Trinajstić information content (AvgIpc) is 2.75. The van der Waals surface area contributed by atoms with Gasteiger partial charge in [-0.15, -0.1) is 22.7 Å². The molecule has 0 aliphatic rings. The Kier molecular flexibility index (Phi) is 2.83. The van der Waals surface area contributed by atoms with Crippen molar-refractivity contribution >= 4 is 33.6 Å². The standard InChI is InChI=1S/C10H10N2OS2/c1-6-2-3-9(15-6)8(13)4-7-5-14-10(11)12-7/h2-3,5H,4H2,1H3,(H2,11,12). The third-order valence-electron chi connectivity index (χ3n) is 1.93. The van der Waals surface area contributed by atoms with Gasteiger partial charge in [0.1, 0.15) is 0 Å². The number of aryl methyl sites for hydroxylation is 1. The molecule has 2 N–H and O–H groups in total. The van der Waals surface area contributed by atoms with E-state index in [4.69, 9.17) is 5.73 Å². The number of nitrogens with two attached hydrogens (primary N) is 1. The Morgan fingerprint density at radius 2 is 2.33 bits per heavy atom. The molecule has 3 nitrogen and oxygen atoms in total. The second-order valence-electron chi connectivity index (χ2n) is 3.19. The number of nitrogen functional groups attached to an aromatic ring is 1. The largest absolute Gasteiger partial charge is 0.375 e. The van der Waals surface area contributed by atoms with Gasteiger partial charge in [-0.1, -0.05) is 0 Å². The predicted octanol–water partition coefficient (Wildman–Crippen LogP) is 2.52. The molecule has 0 fully saturated rings. The molecule has 0 spiro atoms. The van der Waals surface area contributed by atoms with E-state index >= 15 is 0 Å². The van der Waals surface area contributed by atoms with Crippen LogP contribution in [-0.2, 0) is 6.42 Å². The fourth-order valence-electron chi connectivity index (χ4n) is 1.24. The number of aromatic nitrogens is 1. The fraction of sp³-hybridized carbons (Fsp3) is 0.200. The molecule has 2 heterocycles. The molecule has 0 aromatic carbocycles. The second-order valence-corrected chi connectivity index (χ2v) is 5.36. The van der Waals surface area contributed by atoms with Crippen LogP contribution in [0, 0.1) is 6.92 Å². The molecule has 5 heteroatoms. The van der Waals surface area contributed by atoms with E-state index in [1.165, 1.54) is 22.7 Å². The quantitative estimate of drug-likeness (QED) is 0.836. The molecule has 0 radical (unpaired) electrons. The molecule has 0 aliphatic heterocycles. The van der Waals surface area contributed by atoms with Gasteiger partial charge in [-0.25, -0.2) is 4.98 Å². The van der Waals surface area contributed by atoms with Crippen LogP contribution in [0.15, 0.2) is 17.5 Å². The van der Waals surface area contributed by atoms with Crippen molar-refractivity contribution in [3.63, 3.8) is 0 Å². The van der Waals surface area contributed by atoms with Crippen molar-refractivity contribution in [2.75, 3.05) is 5.73 Å². The van der Waals surface area contributed by atoms with Gasteiger partial charge >= 0.3 is 0 Å². The van der Waals surface area contributed by atoms with Gasteiger partial charge in [0.2, 0.25) is 0 Å². The summed E-state index contributed by atoms with van der Waals surface area (Å²) in [4.78, 5) is 17.8. The summed E-state index contributed by atoms with van der Waals surface area (Å²) >= 11 is 2.88. The molecule has 2 aromatic rings. The van der Waals surface area contributed by atoms with Gasteiger partial charge in [-0.05, 0) is 19.1 Å². The first kappa shape index (κ1) is 10.3. The Morgan fingerprint density at radius 3 is 2.87 bits per heavy atom. The van der Waals surface area contributed by atoms with Gasteiger partial charge in [0.15, 0.2) is 10.9 Å². The number of carbonyl (C=O) groups excluding carboxylic acids is 1. The van der Waals surface area contributed by atoms with Gasteiger partial charge in [0.05, 0.1) is 17.0 Å². The van der Waals surface area contributed by atoms with Crippen LogP contribution in [0.1, 0.15) is 20.2 Å². The molecule has 0 unspecified atom stereocenters. The van der Waals surface area contributed by atoms with Crippen molar-refractivity contribution in [2.24, 2.45) is 0 Å². The fourth-order valence-corrected chi connectivity index (χ4v) is 2.61. The predicted molar refractivity (Wildman–Crippen MR) is 63.6 cm³/mol. The highest BCUT2D eigenvalue weighted by atomic mass is 32.1. The maximum absolute atomic E-state index is 11.8. The lowest BCUT2D eigenvalue weighted by atomic mass is 10.2. The number of thiophene rings is 1. The van der Waals surface area contributed by atoms with Crippen LogP contribution in [0.4, 0.5) is 5.13 Å². The Morgan fingerprint density at radius 1 is 1.53 bits per heavy atom. The Labute approximate surface area is 95.6 Å². The van der Waals surface area contributed by atoms with Crippen LogP contribution < -0.4 is 5.73 Å². The minimum Gasteiger partial charge on any atom is -0.375 e. The number of anilines is 1. The van der Waals surface area contributed by atoms with Gasteiger partial charge in [-0.3, -0.25) is 4.79 Å². The summed E-state index contributed by atoms with van der Waals surface area (Å²) in [5, 5.41) is 2.34. The minimum absolute atomic E-state index is 0.110. The molecule has 0 saturated heterocycles. The Bertz CT molecular complexity index is 487. The van der Waals surface area contributed by atoms with Crippen LogP contribution in [0.25, 0.3) is 0 Å². The van der Waals surface area contributed by atoms with Crippen LogP contribution in [0.5, 0.6) is 0 Å². The second kappa shape index (κ2) is 4.12. The number of nitrogens with zero attached hydrogens (tertiary/aromatic N) is 1. The number of rotatable bonds is 3. The van der Waals surface area contributed by atoms with E-state index in [0.717, 1.165) is 15.4 Å². The van der Waals surface area contributed by atoms with Crippen molar-refractivity contribution in [3.8, 4) is 0 Å². The van der Waals surface area contributed by atoms with E-state index in [2.05, 4.69) is 4.98 Å². The molecular weight excluding hydrogens is 228 g/mol. The number of carbonyl (C=O) groups is 1. The average molecular weight is 238 g/mol. The summed E-state index contributed by atoms with van der Waals surface area (Å²) < 4.78 is 0. The van der Waals surface area contributed by atoms with Crippen molar-refractivity contribution in [2.45, 2.75) is 13.3 Å². The van der Waals surface area contributed by atoms with Crippen LogP contribution in [0.2, 0.25) is 0 Å². The van der Waals surface area contributed by atoms with E-state index in [1.54, 1.807) is 0 Å². The van der Waals surface area contributed by atoms with E-state index in [0.29, 0.717) is 11.6 Å². The number of hydrogen-bond donors (Lipinski definition) is 1. The number of hydrogen-bond acceptors (Lipinski definition) is 5. The van der Waals surface area contributed by atoms with E-state index in [-0.39, 0.29) is 5.78 Å². The zero-order valence-electron chi connectivity index (χ0n) is 8.19. The zero-order valence-corrected chi connectivity index (χ0v) is 9.82. The molecule has 0 atom stereocenters. The first-order valence-corrected chi connectivity index (χ1v) is 6.14. The van der Waals surface area contributed by atoms with Crippen molar-refractivity contribution < 1.29 is 4.79 Å². The maximum Gasteiger partial charge on any atom is 0.180 e. The first-order valence-electron chi connectivity index (χ1n) is 4.44. The molecule has 0 amide bonds. The molecule has 2 rings (SSSR count). The molecule has 0 aliphatic carbocycles. The highest BCUT2D eigenvalue weighted by Gasteiger charge is 2.10. The molecule has 0 saturated carbocycles. The highest BCUT2D eigenvalue weighted by molar-refractivity contribution is 7.14. The first-order chi connectivity index (χ1) is 7.15. The summed E-state index contributed by atoms with van der Waals surface area (Å²) in [6.07, 6.45) is 0.341. The van der Waals surface area contributed by atoms with Gasteiger partial charge in [0, 0.05) is 10.3 Å². The van der Waals surface area contributed by atoms with E-state index in [9.17, 15) is 4.79 Å². The highest BCUT2D eigenvalue weighted by Crippen LogP contribution is 2.18. The number of Topliss-reactive ketones (excluding diaryl/α,β-unsaturated/α-hetero) is 1. The van der Waals surface area contributed by atoms with Crippen molar-refractivity contribution in [3.05, 3.63) is 33.0 Å². The summed E-state index contributed by atoms with van der Waals surface area (Å²) in [7, 11) is 0. The summed E-state index contributed by atoms with van der Waals surface area (Å²) in [5.74, 6) is 0.110. The normalized spacial score (nSPS) is 10.5. The lowest BCUT2D eigenvalue weighted by Crippen LogP contribution is -2.01. The Hall–Kier alpha value is -1.20. The number of ketones is 1. The van der Waals surface area contributed by atoms with Gasteiger partial charge in [-0.2, -0.15) is 0 Å². The van der Waals surface area contributed by atoms with Crippen LogP contribution in [-0.4, -0.2) is 10.8 Å². The third kappa shape index (κ3) is 2.43. The van der Waals surface area contributed by atoms with Crippen LogP contribution in [0.3, 0.4) is 0 Å². The van der Waals surface area contributed by atoms with Crippen molar-refractivity contribution in [1.29, 1.82) is 0 Å². The Balaban J connectivity index is 2.10. The molecular formula is C10H10N2OS2. The lowest BCUT2D eigenvalue weighted by Gasteiger charge is -1.93. The SMILES string of the molecule is Cc1ccc(C(=O)Cc2csc(N)n2)s1. The van der Waals surface area contributed by atoms with Crippen molar-refractivity contribution in [1.82, 2.24) is 4.98 Å². The molecule has 0 bridgehead atoms. The maximum atomic E-state index is 11.8. The van der Waals surface area contributed by atoms with E-state index in [1.807, 2.05) is 24.4 Å². The van der Waals surface area contributed by atoms with E-state index < -0.39 is 0 Å².